The number of nitrogens with one attached hydrogen (secondary N) is 2. The molecule has 2 amide bonds. The Morgan fingerprint density at radius 3 is 2.74 bits per heavy atom. The van der Waals surface area contributed by atoms with Crippen LogP contribution < -0.4 is 10.7 Å². The van der Waals surface area contributed by atoms with Crippen LogP contribution in [0.25, 0.3) is 0 Å². The fraction of sp³-hybridized carbons (Fsp3) is 0.250. The summed E-state index contributed by atoms with van der Waals surface area (Å²) in [5.41, 5.74) is 3.81. The third-order valence-corrected chi connectivity index (χ3v) is 3.73. The summed E-state index contributed by atoms with van der Waals surface area (Å²) in [7, 11) is 0. The molecule has 0 spiro atoms. The summed E-state index contributed by atoms with van der Waals surface area (Å²) in [5.74, 6) is 0.0777. The minimum atomic E-state index is -0.225. The van der Waals surface area contributed by atoms with E-state index in [4.69, 9.17) is 0 Å². The van der Waals surface area contributed by atoms with E-state index in [-0.39, 0.29) is 24.7 Å². The van der Waals surface area contributed by atoms with Crippen LogP contribution >= 0.6 is 11.3 Å². The van der Waals surface area contributed by atoms with E-state index in [2.05, 4.69) is 20.8 Å². The van der Waals surface area contributed by atoms with E-state index in [9.17, 15) is 9.59 Å². The van der Waals surface area contributed by atoms with Crippen LogP contribution in [-0.4, -0.2) is 22.5 Å². The number of pyridine rings is 1. The van der Waals surface area contributed by atoms with Gasteiger partial charge in [0.2, 0.25) is 11.8 Å². The highest BCUT2D eigenvalue weighted by molar-refractivity contribution is 7.10. The molecule has 2 N–H and O–H groups in total. The van der Waals surface area contributed by atoms with Gasteiger partial charge in [-0.3, -0.25) is 9.59 Å². The van der Waals surface area contributed by atoms with E-state index >= 15 is 0 Å². The molecule has 0 saturated heterocycles. The molecule has 0 saturated carbocycles. The van der Waals surface area contributed by atoms with Crippen molar-refractivity contribution in [3.63, 3.8) is 0 Å². The fourth-order valence-corrected chi connectivity index (χ4v) is 2.54. The summed E-state index contributed by atoms with van der Waals surface area (Å²) < 4.78 is 0. The number of rotatable bonds is 6. The van der Waals surface area contributed by atoms with Crippen molar-refractivity contribution in [2.75, 3.05) is 5.32 Å². The molecule has 2 aromatic rings. The SMILES string of the molecule is C/C(CC(=O)Nc1cccc(C)n1)=N\NC(=O)Cc1cccs1. The minimum absolute atomic E-state index is 0.0922. The Morgan fingerprint density at radius 2 is 2.04 bits per heavy atom. The Hall–Kier alpha value is -2.54. The van der Waals surface area contributed by atoms with E-state index in [1.165, 1.54) is 11.3 Å². The van der Waals surface area contributed by atoms with Gasteiger partial charge in [0.1, 0.15) is 5.82 Å². The lowest BCUT2D eigenvalue weighted by Crippen LogP contribution is -2.22. The van der Waals surface area contributed by atoms with Crippen molar-refractivity contribution in [1.29, 1.82) is 0 Å². The lowest BCUT2D eigenvalue weighted by Gasteiger charge is -2.05. The highest BCUT2D eigenvalue weighted by Crippen LogP contribution is 2.08. The maximum Gasteiger partial charge on any atom is 0.245 e. The van der Waals surface area contributed by atoms with Gasteiger partial charge in [-0.15, -0.1) is 11.3 Å². The van der Waals surface area contributed by atoms with Gasteiger partial charge in [0.05, 0.1) is 12.8 Å². The van der Waals surface area contributed by atoms with E-state index in [1.807, 2.05) is 36.6 Å². The molecule has 0 aliphatic rings. The number of anilines is 1. The number of carbonyl (C=O) groups excluding carboxylic acids is 2. The molecular formula is C16H18N4O2S. The molecule has 0 aliphatic heterocycles. The largest absolute Gasteiger partial charge is 0.310 e. The monoisotopic (exact) mass is 330 g/mol. The summed E-state index contributed by atoms with van der Waals surface area (Å²) in [6, 6.07) is 9.18. The molecule has 120 valence electrons. The maximum atomic E-state index is 11.9. The third-order valence-electron chi connectivity index (χ3n) is 2.86. The summed E-state index contributed by atoms with van der Waals surface area (Å²) in [5, 5.41) is 8.56. The second-order valence-electron chi connectivity index (χ2n) is 5.03. The van der Waals surface area contributed by atoms with E-state index in [0.717, 1.165) is 10.6 Å². The number of hydrogen-bond acceptors (Lipinski definition) is 5. The van der Waals surface area contributed by atoms with E-state index < -0.39 is 0 Å². The molecule has 2 heterocycles. The van der Waals surface area contributed by atoms with Crippen LogP contribution in [0, 0.1) is 6.92 Å². The predicted octanol–water partition coefficient (Wildman–Crippen LogP) is 2.51. The Morgan fingerprint density at radius 1 is 1.22 bits per heavy atom. The van der Waals surface area contributed by atoms with Crippen molar-refractivity contribution < 1.29 is 9.59 Å². The molecule has 6 nitrogen and oxygen atoms in total. The van der Waals surface area contributed by atoms with Gasteiger partial charge in [0.25, 0.3) is 0 Å². The average molecular weight is 330 g/mol. The molecule has 0 radical (unpaired) electrons. The first kappa shape index (κ1) is 16.8. The van der Waals surface area contributed by atoms with Crippen molar-refractivity contribution in [1.82, 2.24) is 10.4 Å². The molecule has 2 rings (SSSR count). The molecule has 0 atom stereocenters. The van der Waals surface area contributed by atoms with Crippen LogP contribution in [0.1, 0.15) is 23.9 Å². The number of thiophene rings is 1. The van der Waals surface area contributed by atoms with Crippen molar-refractivity contribution in [2.24, 2.45) is 5.10 Å². The fourth-order valence-electron chi connectivity index (χ4n) is 1.84. The lowest BCUT2D eigenvalue weighted by atomic mass is 10.3. The standard InChI is InChI=1S/C16H18N4O2S/c1-11-5-3-7-14(17-11)18-15(21)9-12(2)19-20-16(22)10-13-6-4-8-23-13/h3-8H,9-10H2,1-2H3,(H,20,22)(H,17,18,21)/b19-12+. The van der Waals surface area contributed by atoms with Crippen LogP contribution in [0.15, 0.2) is 40.8 Å². The van der Waals surface area contributed by atoms with E-state index in [1.54, 1.807) is 13.0 Å². The molecule has 23 heavy (non-hydrogen) atoms. The van der Waals surface area contributed by atoms with Gasteiger partial charge < -0.3 is 5.32 Å². The normalized spacial score (nSPS) is 11.1. The predicted molar refractivity (Wildman–Crippen MR) is 91.5 cm³/mol. The molecule has 2 aromatic heterocycles. The minimum Gasteiger partial charge on any atom is -0.310 e. The Kier molecular flexibility index (Phi) is 5.99. The third kappa shape index (κ3) is 5.99. The topological polar surface area (TPSA) is 83.4 Å². The molecule has 0 fully saturated rings. The summed E-state index contributed by atoms with van der Waals surface area (Å²) in [6.07, 6.45) is 0.378. The summed E-state index contributed by atoms with van der Waals surface area (Å²) >= 11 is 1.52. The van der Waals surface area contributed by atoms with Crippen LogP contribution in [0.4, 0.5) is 5.82 Å². The van der Waals surface area contributed by atoms with Crippen LogP contribution in [0.2, 0.25) is 0 Å². The zero-order valence-corrected chi connectivity index (χ0v) is 13.8. The molecule has 0 aliphatic carbocycles. The Bertz CT molecular complexity index is 711. The summed E-state index contributed by atoms with van der Waals surface area (Å²) in [6.45, 7) is 3.54. The van der Waals surface area contributed by atoms with Gasteiger partial charge in [-0.25, -0.2) is 10.4 Å². The molecular weight excluding hydrogens is 312 g/mol. The number of amides is 2. The lowest BCUT2D eigenvalue weighted by molar-refractivity contribution is -0.120. The average Bonchev–Trinajstić information content (AvgIpc) is 2.98. The molecule has 0 aromatic carbocycles. The van der Waals surface area contributed by atoms with E-state index in [0.29, 0.717) is 11.5 Å². The molecule has 0 unspecified atom stereocenters. The highest BCUT2D eigenvalue weighted by atomic mass is 32.1. The summed E-state index contributed by atoms with van der Waals surface area (Å²) in [4.78, 5) is 28.8. The number of hydrazone groups is 1. The quantitative estimate of drug-likeness (QED) is 0.630. The first-order chi connectivity index (χ1) is 11.0. The Balaban J connectivity index is 1.79. The molecule has 0 bridgehead atoms. The van der Waals surface area contributed by atoms with Crippen molar-refractivity contribution in [2.45, 2.75) is 26.7 Å². The van der Waals surface area contributed by atoms with Crippen LogP contribution in [0.5, 0.6) is 0 Å². The van der Waals surface area contributed by atoms with Crippen molar-refractivity contribution in [3.05, 3.63) is 46.3 Å². The first-order valence-corrected chi connectivity index (χ1v) is 7.99. The second kappa shape index (κ2) is 8.19. The molecule has 7 heteroatoms. The number of nitrogens with zero attached hydrogens (tertiary/aromatic N) is 2. The van der Waals surface area contributed by atoms with Crippen molar-refractivity contribution in [3.8, 4) is 0 Å². The van der Waals surface area contributed by atoms with Gasteiger partial charge in [-0.1, -0.05) is 12.1 Å². The van der Waals surface area contributed by atoms with Gasteiger partial charge in [-0.05, 0) is 37.4 Å². The smallest absolute Gasteiger partial charge is 0.245 e. The number of carbonyl (C=O) groups is 2. The van der Waals surface area contributed by atoms with Gasteiger partial charge >= 0.3 is 0 Å². The maximum absolute atomic E-state index is 11.9. The van der Waals surface area contributed by atoms with Gasteiger partial charge in [-0.2, -0.15) is 5.10 Å². The second-order valence-corrected chi connectivity index (χ2v) is 6.06. The van der Waals surface area contributed by atoms with Gasteiger partial charge in [0, 0.05) is 16.3 Å². The van der Waals surface area contributed by atoms with Gasteiger partial charge in [0.15, 0.2) is 0 Å². The van der Waals surface area contributed by atoms with Crippen molar-refractivity contribution >= 4 is 34.7 Å². The number of aryl methyl sites for hydroxylation is 1. The Labute approximate surface area is 138 Å². The number of hydrogen-bond donors (Lipinski definition) is 2. The first-order valence-electron chi connectivity index (χ1n) is 7.11. The van der Waals surface area contributed by atoms with Crippen LogP contribution in [-0.2, 0) is 16.0 Å². The van der Waals surface area contributed by atoms with Crippen LogP contribution in [0.3, 0.4) is 0 Å². The zero-order chi connectivity index (χ0) is 16.7. The number of aromatic nitrogens is 1. The highest BCUT2D eigenvalue weighted by Gasteiger charge is 2.07. The zero-order valence-electron chi connectivity index (χ0n) is 13.0.